The third kappa shape index (κ3) is 3.61. The summed E-state index contributed by atoms with van der Waals surface area (Å²) < 4.78 is 11.7. The SMILES string of the molecule is COc1cc(Br)c(C(Br)C(C)c2ccccc2)cc1OC. The van der Waals surface area contributed by atoms with Gasteiger partial charge < -0.3 is 9.47 Å². The molecule has 112 valence electrons. The lowest BCUT2D eigenvalue weighted by Gasteiger charge is -2.22. The highest BCUT2D eigenvalue weighted by Crippen LogP contribution is 2.44. The van der Waals surface area contributed by atoms with E-state index < -0.39 is 0 Å². The third-order valence-electron chi connectivity index (χ3n) is 3.56. The molecule has 0 spiro atoms. The Hall–Kier alpha value is -1.00. The summed E-state index contributed by atoms with van der Waals surface area (Å²) in [6.45, 7) is 2.21. The molecule has 0 aliphatic rings. The van der Waals surface area contributed by atoms with Crippen LogP contribution in [0.25, 0.3) is 0 Å². The number of benzene rings is 2. The van der Waals surface area contributed by atoms with Gasteiger partial charge in [-0.1, -0.05) is 69.1 Å². The van der Waals surface area contributed by atoms with E-state index in [1.807, 2.05) is 18.2 Å². The molecular weight excluding hydrogens is 396 g/mol. The normalized spacial score (nSPS) is 13.6. The maximum absolute atomic E-state index is 5.40. The predicted molar refractivity (Wildman–Crippen MR) is 93.8 cm³/mol. The second-order valence-electron chi connectivity index (χ2n) is 4.83. The van der Waals surface area contributed by atoms with Crippen LogP contribution in [0.4, 0.5) is 0 Å². The van der Waals surface area contributed by atoms with Crippen LogP contribution in [-0.4, -0.2) is 14.2 Å². The van der Waals surface area contributed by atoms with Crippen LogP contribution in [0, 0.1) is 0 Å². The Morgan fingerprint density at radius 2 is 1.52 bits per heavy atom. The zero-order valence-electron chi connectivity index (χ0n) is 12.3. The standard InChI is InChI=1S/C17H18Br2O2/c1-11(12-7-5-4-6-8-12)17(19)13-9-15(20-2)16(21-3)10-14(13)18/h4-11,17H,1-3H3. The zero-order chi connectivity index (χ0) is 15.4. The minimum Gasteiger partial charge on any atom is -0.493 e. The second kappa shape index (κ2) is 7.32. The van der Waals surface area contributed by atoms with Crippen molar-refractivity contribution >= 4 is 31.9 Å². The van der Waals surface area contributed by atoms with E-state index in [-0.39, 0.29) is 4.83 Å². The topological polar surface area (TPSA) is 18.5 Å². The number of alkyl halides is 1. The van der Waals surface area contributed by atoms with Gasteiger partial charge in [0.15, 0.2) is 11.5 Å². The molecule has 0 bridgehead atoms. The smallest absolute Gasteiger partial charge is 0.161 e. The molecule has 2 rings (SSSR count). The molecule has 0 saturated heterocycles. The highest BCUT2D eigenvalue weighted by Gasteiger charge is 2.22. The molecule has 0 saturated carbocycles. The van der Waals surface area contributed by atoms with Crippen molar-refractivity contribution in [2.75, 3.05) is 14.2 Å². The van der Waals surface area contributed by atoms with Gasteiger partial charge in [-0.3, -0.25) is 0 Å². The molecule has 2 unspecified atom stereocenters. The van der Waals surface area contributed by atoms with E-state index in [9.17, 15) is 0 Å². The van der Waals surface area contributed by atoms with Gasteiger partial charge in [-0.25, -0.2) is 0 Å². The number of rotatable bonds is 5. The summed E-state index contributed by atoms with van der Waals surface area (Å²) in [5.41, 5.74) is 2.44. The quantitative estimate of drug-likeness (QED) is 0.584. The summed E-state index contributed by atoms with van der Waals surface area (Å²) in [5, 5.41) is 0. The second-order valence-corrected chi connectivity index (χ2v) is 6.67. The molecule has 0 amide bonds. The summed E-state index contributed by atoms with van der Waals surface area (Å²) in [7, 11) is 3.29. The summed E-state index contributed by atoms with van der Waals surface area (Å²) in [5.74, 6) is 1.79. The van der Waals surface area contributed by atoms with Gasteiger partial charge in [0, 0.05) is 9.30 Å². The van der Waals surface area contributed by atoms with Crippen molar-refractivity contribution in [3.05, 3.63) is 58.1 Å². The van der Waals surface area contributed by atoms with Crippen molar-refractivity contribution in [2.24, 2.45) is 0 Å². The molecule has 0 radical (unpaired) electrons. The molecule has 21 heavy (non-hydrogen) atoms. The molecule has 0 N–H and O–H groups in total. The largest absolute Gasteiger partial charge is 0.493 e. The first-order valence-corrected chi connectivity index (χ1v) is 8.39. The van der Waals surface area contributed by atoms with Crippen LogP contribution in [0.5, 0.6) is 11.5 Å². The van der Waals surface area contributed by atoms with E-state index in [0.717, 1.165) is 21.5 Å². The first kappa shape index (κ1) is 16.4. The van der Waals surface area contributed by atoms with E-state index in [1.165, 1.54) is 5.56 Å². The van der Waals surface area contributed by atoms with Gasteiger partial charge in [0.1, 0.15) is 0 Å². The van der Waals surface area contributed by atoms with Crippen LogP contribution in [0.1, 0.15) is 28.8 Å². The van der Waals surface area contributed by atoms with E-state index >= 15 is 0 Å². The van der Waals surface area contributed by atoms with Gasteiger partial charge in [0.2, 0.25) is 0 Å². The zero-order valence-corrected chi connectivity index (χ0v) is 15.4. The van der Waals surface area contributed by atoms with Gasteiger partial charge in [0.25, 0.3) is 0 Å². The van der Waals surface area contributed by atoms with Crippen molar-refractivity contribution in [3.8, 4) is 11.5 Å². The van der Waals surface area contributed by atoms with E-state index in [1.54, 1.807) is 14.2 Å². The lowest BCUT2D eigenvalue weighted by molar-refractivity contribution is 0.354. The first-order valence-electron chi connectivity index (χ1n) is 6.69. The number of methoxy groups -OCH3 is 2. The number of hydrogen-bond donors (Lipinski definition) is 0. The van der Waals surface area contributed by atoms with Crippen LogP contribution >= 0.6 is 31.9 Å². The molecule has 2 aromatic rings. The Morgan fingerprint density at radius 3 is 2.10 bits per heavy atom. The fourth-order valence-electron chi connectivity index (χ4n) is 2.28. The first-order chi connectivity index (χ1) is 10.1. The lowest BCUT2D eigenvalue weighted by atomic mass is 9.93. The molecular formula is C17H18Br2O2. The van der Waals surface area contributed by atoms with Gasteiger partial charge in [-0.15, -0.1) is 0 Å². The maximum Gasteiger partial charge on any atom is 0.161 e. The van der Waals surface area contributed by atoms with Crippen LogP contribution in [0.3, 0.4) is 0 Å². The molecule has 0 heterocycles. The van der Waals surface area contributed by atoms with Crippen LogP contribution in [0.15, 0.2) is 46.9 Å². The van der Waals surface area contributed by atoms with Crippen molar-refractivity contribution in [3.63, 3.8) is 0 Å². The molecule has 0 aromatic heterocycles. The van der Waals surface area contributed by atoms with Crippen molar-refractivity contribution in [1.82, 2.24) is 0 Å². The van der Waals surface area contributed by atoms with Gasteiger partial charge in [-0.2, -0.15) is 0 Å². The lowest BCUT2D eigenvalue weighted by Crippen LogP contribution is -2.04. The van der Waals surface area contributed by atoms with Gasteiger partial charge in [0.05, 0.1) is 14.2 Å². The number of halogens is 2. The summed E-state index contributed by atoms with van der Waals surface area (Å²) >= 11 is 7.45. The van der Waals surface area contributed by atoms with Crippen molar-refractivity contribution < 1.29 is 9.47 Å². The van der Waals surface area contributed by atoms with Crippen LogP contribution in [0.2, 0.25) is 0 Å². The van der Waals surface area contributed by atoms with Crippen LogP contribution in [-0.2, 0) is 0 Å². The van der Waals surface area contributed by atoms with Crippen LogP contribution < -0.4 is 9.47 Å². The van der Waals surface area contributed by atoms with E-state index in [0.29, 0.717) is 5.92 Å². The average Bonchev–Trinajstić information content (AvgIpc) is 2.54. The highest BCUT2D eigenvalue weighted by atomic mass is 79.9. The maximum atomic E-state index is 5.40. The Kier molecular flexibility index (Phi) is 5.71. The molecule has 0 fully saturated rings. The minimum absolute atomic E-state index is 0.175. The molecule has 2 nitrogen and oxygen atoms in total. The summed E-state index contributed by atoms with van der Waals surface area (Å²) in [6, 6.07) is 14.4. The Balaban J connectivity index is 2.37. The van der Waals surface area contributed by atoms with Gasteiger partial charge in [-0.05, 0) is 29.2 Å². The fraction of sp³-hybridized carbons (Fsp3) is 0.294. The minimum atomic E-state index is 0.175. The van der Waals surface area contributed by atoms with E-state index in [2.05, 4.69) is 63.0 Å². The Morgan fingerprint density at radius 1 is 0.952 bits per heavy atom. The Bertz CT molecular complexity index is 599. The molecule has 0 aliphatic carbocycles. The monoisotopic (exact) mass is 412 g/mol. The third-order valence-corrected chi connectivity index (χ3v) is 5.54. The van der Waals surface area contributed by atoms with Gasteiger partial charge >= 0.3 is 0 Å². The molecule has 4 heteroatoms. The summed E-state index contributed by atoms with van der Waals surface area (Å²) in [4.78, 5) is 0.175. The predicted octanol–water partition coefficient (Wildman–Crippen LogP) is 5.71. The Labute approximate surface area is 142 Å². The van der Waals surface area contributed by atoms with Crippen molar-refractivity contribution in [2.45, 2.75) is 17.7 Å². The summed E-state index contributed by atoms with van der Waals surface area (Å²) in [6.07, 6.45) is 0. The highest BCUT2D eigenvalue weighted by molar-refractivity contribution is 9.11. The number of hydrogen-bond acceptors (Lipinski definition) is 2. The number of ether oxygens (including phenoxy) is 2. The molecule has 2 aromatic carbocycles. The molecule has 2 atom stereocenters. The average molecular weight is 414 g/mol. The van der Waals surface area contributed by atoms with E-state index in [4.69, 9.17) is 9.47 Å². The fourth-order valence-corrected chi connectivity index (χ4v) is 3.84. The molecule has 0 aliphatic heterocycles. The van der Waals surface area contributed by atoms with Crippen molar-refractivity contribution in [1.29, 1.82) is 0 Å².